The molecule has 2 heterocycles. The number of ether oxygens (including phenoxy) is 1. The number of nitrogens with two attached hydrogens (primary N) is 1. The SMILES string of the molecule is CC(C)(C)[Si](C)(C)OC[C@]1(CF)CC(F)(F)[C@H](n2ccc(N)nc2=O)O1. The van der Waals surface area contributed by atoms with Crippen LogP contribution in [0, 0.1) is 0 Å². The lowest BCUT2D eigenvalue weighted by Crippen LogP contribution is -2.47. The fourth-order valence-electron chi connectivity index (χ4n) is 2.48. The van der Waals surface area contributed by atoms with Crippen LogP contribution in [0.5, 0.6) is 0 Å². The summed E-state index contributed by atoms with van der Waals surface area (Å²) in [7, 11) is -2.29. The van der Waals surface area contributed by atoms with Crippen molar-refractivity contribution in [1.29, 1.82) is 0 Å². The highest BCUT2D eigenvalue weighted by Gasteiger charge is 2.60. The molecule has 2 atom stereocenters. The van der Waals surface area contributed by atoms with Crippen LogP contribution in [0.1, 0.15) is 33.4 Å². The molecule has 1 aliphatic rings. The van der Waals surface area contributed by atoms with Gasteiger partial charge < -0.3 is 14.9 Å². The molecule has 0 saturated carbocycles. The lowest BCUT2D eigenvalue weighted by atomic mass is 10.0. The van der Waals surface area contributed by atoms with Crippen molar-refractivity contribution in [3.05, 3.63) is 22.7 Å². The van der Waals surface area contributed by atoms with E-state index in [0.717, 1.165) is 6.20 Å². The molecule has 1 fully saturated rings. The summed E-state index contributed by atoms with van der Waals surface area (Å²) in [5, 5.41) is -0.164. The topological polar surface area (TPSA) is 79.4 Å². The minimum absolute atomic E-state index is 0.0921. The highest BCUT2D eigenvalue weighted by molar-refractivity contribution is 6.74. The quantitative estimate of drug-likeness (QED) is 0.778. The van der Waals surface area contributed by atoms with E-state index >= 15 is 0 Å². The van der Waals surface area contributed by atoms with Crippen molar-refractivity contribution in [2.75, 3.05) is 19.0 Å². The number of anilines is 1. The minimum atomic E-state index is -3.45. The first-order valence-corrected chi connectivity index (χ1v) is 11.2. The third-order valence-corrected chi connectivity index (χ3v) is 9.61. The first-order chi connectivity index (χ1) is 11.7. The van der Waals surface area contributed by atoms with Crippen molar-refractivity contribution in [3.63, 3.8) is 0 Å². The molecule has 1 aliphatic heterocycles. The van der Waals surface area contributed by atoms with Gasteiger partial charge in [0, 0.05) is 12.6 Å². The van der Waals surface area contributed by atoms with Gasteiger partial charge in [0.05, 0.1) is 6.61 Å². The van der Waals surface area contributed by atoms with E-state index in [1.54, 1.807) is 0 Å². The Kier molecular flexibility index (Phi) is 5.35. The Morgan fingerprint density at radius 1 is 1.46 bits per heavy atom. The molecule has 0 radical (unpaired) electrons. The zero-order chi connectivity index (χ0) is 20.0. The molecule has 2 N–H and O–H groups in total. The van der Waals surface area contributed by atoms with Gasteiger partial charge in [-0.1, -0.05) is 20.8 Å². The summed E-state index contributed by atoms with van der Waals surface area (Å²) in [5.41, 5.74) is 2.59. The van der Waals surface area contributed by atoms with E-state index in [4.69, 9.17) is 14.9 Å². The van der Waals surface area contributed by atoms with E-state index in [-0.39, 0.29) is 17.5 Å². The summed E-state index contributed by atoms with van der Waals surface area (Å²) in [6.07, 6.45) is -1.76. The molecule has 6 nitrogen and oxygen atoms in total. The highest BCUT2D eigenvalue weighted by Crippen LogP contribution is 2.48. The van der Waals surface area contributed by atoms with Crippen LogP contribution in [-0.2, 0) is 9.16 Å². The lowest BCUT2D eigenvalue weighted by Gasteiger charge is -2.38. The Balaban J connectivity index is 2.28. The molecule has 0 unspecified atom stereocenters. The maximum absolute atomic E-state index is 14.6. The number of aromatic nitrogens is 2. The predicted molar refractivity (Wildman–Crippen MR) is 94.5 cm³/mol. The van der Waals surface area contributed by atoms with Crippen molar-refractivity contribution in [2.45, 2.75) is 63.1 Å². The van der Waals surface area contributed by atoms with Crippen LogP contribution in [-0.4, -0.2) is 42.7 Å². The third-order valence-electron chi connectivity index (χ3n) is 5.13. The van der Waals surface area contributed by atoms with E-state index in [1.807, 2.05) is 33.9 Å². The Morgan fingerprint density at radius 3 is 2.58 bits per heavy atom. The maximum atomic E-state index is 14.6. The van der Waals surface area contributed by atoms with Crippen molar-refractivity contribution >= 4 is 14.1 Å². The van der Waals surface area contributed by atoms with E-state index in [9.17, 15) is 18.0 Å². The number of hydrogen-bond donors (Lipinski definition) is 1. The van der Waals surface area contributed by atoms with Gasteiger partial charge in [0.2, 0.25) is 6.23 Å². The van der Waals surface area contributed by atoms with Gasteiger partial charge in [0.25, 0.3) is 5.92 Å². The Hall–Kier alpha value is -1.39. The van der Waals surface area contributed by atoms with Crippen molar-refractivity contribution in [3.8, 4) is 0 Å². The molecule has 0 amide bonds. The van der Waals surface area contributed by atoms with Crippen LogP contribution < -0.4 is 11.4 Å². The van der Waals surface area contributed by atoms with Crippen LogP contribution >= 0.6 is 0 Å². The van der Waals surface area contributed by atoms with Crippen molar-refractivity contribution in [2.24, 2.45) is 0 Å². The monoisotopic (exact) mass is 393 g/mol. The fourth-order valence-corrected chi connectivity index (χ4v) is 3.53. The van der Waals surface area contributed by atoms with Crippen LogP contribution in [0.15, 0.2) is 17.1 Å². The molecule has 10 heteroatoms. The molecular formula is C16H26F3N3O3Si. The first kappa shape index (κ1) is 20.9. The number of rotatable bonds is 5. The summed E-state index contributed by atoms with van der Waals surface area (Å²) in [4.78, 5) is 15.3. The molecule has 0 aromatic carbocycles. The normalized spacial score (nSPS) is 26.2. The molecule has 148 valence electrons. The molecule has 2 rings (SSSR count). The van der Waals surface area contributed by atoms with Gasteiger partial charge in [-0.05, 0) is 24.2 Å². The molecule has 0 spiro atoms. The van der Waals surface area contributed by atoms with Crippen LogP contribution in [0.25, 0.3) is 0 Å². The highest BCUT2D eigenvalue weighted by atomic mass is 28.4. The zero-order valence-corrected chi connectivity index (χ0v) is 16.7. The Bertz CT molecular complexity index is 721. The summed E-state index contributed by atoms with van der Waals surface area (Å²) in [6, 6.07) is 1.21. The van der Waals surface area contributed by atoms with E-state index in [0.29, 0.717) is 4.57 Å². The van der Waals surface area contributed by atoms with Gasteiger partial charge >= 0.3 is 5.69 Å². The van der Waals surface area contributed by atoms with Crippen LogP contribution in [0.3, 0.4) is 0 Å². The second kappa shape index (κ2) is 6.65. The molecule has 0 bridgehead atoms. The predicted octanol–water partition coefficient (Wildman–Crippen LogP) is 3.11. The van der Waals surface area contributed by atoms with Gasteiger partial charge in [-0.25, -0.2) is 18.0 Å². The molecule has 26 heavy (non-hydrogen) atoms. The average Bonchev–Trinajstić information content (AvgIpc) is 2.76. The molecule has 1 aromatic heterocycles. The molecule has 1 aromatic rings. The van der Waals surface area contributed by atoms with Gasteiger partial charge in [0.1, 0.15) is 18.1 Å². The Morgan fingerprint density at radius 2 is 2.08 bits per heavy atom. The lowest BCUT2D eigenvalue weighted by molar-refractivity contribution is -0.146. The number of halogens is 3. The van der Waals surface area contributed by atoms with E-state index < -0.39 is 44.9 Å². The largest absolute Gasteiger partial charge is 0.414 e. The van der Waals surface area contributed by atoms with Crippen LogP contribution in [0.4, 0.5) is 19.0 Å². The van der Waals surface area contributed by atoms with E-state index in [2.05, 4.69) is 4.98 Å². The van der Waals surface area contributed by atoms with Gasteiger partial charge in [0.15, 0.2) is 8.32 Å². The number of nitrogen functional groups attached to an aromatic ring is 1. The summed E-state index contributed by atoms with van der Waals surface area (Å²) in [6.45, 7) is 8.42. The van der Waals surface area contributed by atoms with Crippen molar-refractivity contribution in [1.82, 2.24) is 9.55 Å². The second-order valence-corrected chi connectivity index (χ2v) is 13.1. The minimum Gasteiger partial charge on any atom is -0.414 e. The number of alkyl halides is 3. The summed E-state index contributed by atoms with van der Waals surface area (Å²) >= 11 is 0. The third kappa shape index (κ3) is 3.96. The van der Waals surface area contributed by atoms with Gasteiger partial charge in [-0.2, -0.15) is 4.98 Å². The van der Waals surface area contributed by atoms with Gasteiger partial charge in [-0.3, -0.25) is 4.57 Å². The molecule has 0 aliphatic carbocycles. The number of nitrogens with zero attached hydrogens (tertiary/aromatic N) is 2. The smallest absolute Gasteiger partial charge is 0.351 e. The van der Waals surface area contributed by atoms with E-state index in [1.165, 1.54) is 6.07 Å². The number of hydrogen-bond acceptors (Lipinski definition) is 5. The zero-order valence-electron chi connectivity index (χ0n) is 15.7. The Labute approximate surface area is 151 Å². The molecular weight excluding hydrogens is 367 g/mol. The molecule has 1 saturated heterocycles. The van der Waals surface area contributed by atoms with Gasteiger partial charge in [-0.15, -0.1) is 0 Å². The van der Waals surface area contributed by atoms with Crippen molar-refractivity contribution < 1.29 is 22.3 Å². The first-order valence-electron chi connectivity index (χ1n) is 8.33. The fraction of sp³-hybridized carbons (Fsp3) is 0.750. The summed E-state index contributed by atoms with van der Waals surface area (Å²) < 4.78 is 54.8. The average molecular weight is 393 g/mol. The summed E-state index contributed by atoms with van der Waals surface area (Å²) in [5.74, 6) is -3.55. The standard InChI is InChI=1S/C16H26F3N3O3Si/c1-14(2,3)26(4,5)24-10-15(9-17)8-16(18,19)12(25-15)22-7-6-11(20)21-13(22)23/h6-7,12H,8-10H2,1-5H3,(H2,20,21,23)/t12-,15-/m1/s1. The van der Waals surface area contributed by atoms with Crippen LogP contribution in [0.2, 0.25) is 18.1 Å². The maximum Gasteiger partial charge on any atom is 0.351 e. The second-order valence-electron chi connectivity index (χ2n) is 8.32.